The number of hydrogen-bond acceptors (Lipinski definition) is 6. The summed E-state index contributed by atoms with van der Waals surface area (Å²) in [5, 5.41) is 14.7. The number of nitrogens with zero attached hydrogens (tertiary/aromatic N) is 2. The van der Waals surface area contributed by atoms with Gasteiger partial charge in [-0.1, -0.05) is 36.4 Å². The number of aliphatic carboxylic acids is 1. The predicted molar refractivity (Wildman–Crippen MR) is 125 cm³/mol. The number of nitrogens with one attached hydrogen (secondary N) is 1. The van der Waals surface area contributed by atoms with Gasteiger partial charge in [0.05, 0.1) is 22.7 Å². The van der Waals surface area contributed by atoms with E-state index in [0.717, 1.165) is 0 Å². The second-order valence-electron chi connectivity index (χ2n) is 7.81. The molecule has 4 rings (SSSR count). The molecule has 2 heterocycles. The number of rotatable bonds is 8. The number of hydrazone groups is 1. The molecule has 3 aromatic rings. The highest BCUT2D eigenvalue weighted by atomic mass is 32.2. The second-order valence-corrected chi connectivity index (χ2v) is 9.49. The second kappa shape index (κ2) is 9.52. The minimum Gasteiger partial charge on any atom is -0.481 e. The number of carbonyl (C=O) groups excluding carboxylic acids is 1. The summed E-state index contributed by atoms with van der Waals surface area (Å²) in [5.74, 6) is -0.360. The molecule has 0 spiro atoms. The molecule has 9 nitrogen and oxygen atoms in total. The maximum absolute atomic E-state index is 12.9. The summed E-state index contributed by atoms with van der Waals surface area (Å²) in [6.45, 7) is 1.78. The molecule has 34 heavy (non-hydrogen) atoms. The summed E-state index contributed by atoms with van der Waals surface area (Å²) in [6, 6.07) is 17.7. The van der Waals surface area contributed by atoms with Gasteiger partial charge in [0.1, 0.15) is 17.6 Å². The van der Waals surface area contributed by atoms with E-state index in [9.17, 15) is 18.0 Å². The summed E-state index contributed by atoms with van der Waals surface area (Å²) in [4.78, 5) is 23.9. The highest BCUT2D eigenvalue weighted by Gasteiger charge is 2.36. The Morgan fingerprint density at radius 1 is 1.06 bits per heavy atom. The number of furan rings is 1. The molecule has 176 valence electrons. The van der Waals surface area contributed by atoms with Crippen LogP contribution in [0.2, 0.25) is 0 Å². The van der Waals surface area contributed by atoms with Crippen molar-refractivity contribution < 1.29 is 27.5 Å². The molecule has 0 bridgehead atoms. The number of amides is 1. The van der Waals surface area contributed by atoms with E-state index in [1.807, 2.05) is 0 Å². The van der Waals surface area contributed by atoms with Crippen LogP contribution < -0.4 is 4.72 Å². The van der Waals surface area contributed by atoms with Gasteiger partial charge < -0.3 is 9.52 Å². The Labute approximate surface area is 196 Å². The molecule has 2 aromatic carbocycles. The van der Waals surface area contributed by atoms with Crippen molar-refractivity contribution >= 4 is 33.3 Å². The maximum Gasteiger partial charge on any atom is 0.303 e. The molecule has 1 aliphatic rings. The number of para-hydroxylation sites is 1. The van der Waals surface area contributed by atoms with Gasteiger partial charge in [-0.3, -0.25) is 14.3 Å². The minimum absolute atomic E-state index is 0.118. The summed E-state index contributed by atoms with van der Waals surface area (Å²) in [7, 11) is -3.85. The average Bonchev–Trinajstić information content (AvgIpc) is 3.44. The molecule has 0 aliphatic carbocycles. The first-order valence-electron chi connectivity index (χ1n) is 10.6. The lowest BCUT2D eigenvalue weighted by Crippen LogP contribution is -2.27. The third kappa shape index (κ3) is 5.01. The van der Waals surface area contributed by atoms with E-state index < -0.39 is 27.9 Å². The molecule has 1 aliphatic heterocycles. The summed E-state index contributed by atoms with van der Waals surface area (Å²) >= 11 is 0. The van der Waals surface area contributed by atoms with Crippen molar-refractivity contribution in [2.45, 2.75) is 37.1 Å². The molecular formula is C24H23N3O6S. The van der Waals surface area contributed by atoms with Gasteiger partial charge in [0.25, 0.3) is 10.0 Å². The van der Waals surface area contributed by atoms with Gasteiger partial charge in [-0.25, -0.2) is 13.4 Å². The Hall–Kier alpha value is -3.92. The largest absolute Gasteiger partial charge is 0.481 e. The van der Waals surface area contributed by atoms with E-state index in [0.29, 0.717) is 28.5 Å². The first-order valence-corrected chi connectivity index (χ1v) is 12.1. The van der Waals surface area contributed by atoms with Gasteiger partial charge in [0.2, 0.25) is 5.91 Å². The fourth-order valence-electron chi connectivity index (χ4n) is 3.71. The molecular weight excluding hydrogens is 458 g/mol. The van der Waals surface area contributed by atoms with Crippen molar-refractivity contribution in [2.75, 3.05) is 4.72 Å². The van der Waals surface area contributed by atoms with Crippen LogP contribution in [0.4, 0.5) is 5.69 Å². The zero-order valence-corrected chi connectivity index (χ0v) is 19.2. The number of benzene rings is 2. The van der Waals surface area contributed by atoms with E-state index in [-0.39, 0.29) is 24.2 Å². The zero-order valence-electron chi connectivity index (χ0n) is 18.3. The minimum atomic E-state index is -3.85. The quantitative estimate of drug-likeness (QED) is 0.501. The fourth-order valence-corrected chi connectivity index (χ4v) is 4.81. The summed E-state index contributed by atoms with van der Waals surface area (Å²) < 4.78 is 34.1. The van der Waals surface area contributed by atoms with Crippen LogP contribution in [0.5, 0.6) is 0 Å². The topological polar surface area (TPSA) is 129 Å². The Morgan fingerprint density at radius 3 is 2.44 bits per heavy atom. The van der Waals surface area contributed by atoms with Crippen molar-refractivity contribution in [3.63, 3.8) is 0 Å². The van der Waals surface area contributed by atoms with E-state index in [1.165, 1.54) is 17.1 Å². The number of carbonyl (C=O) groups is 2. The molecule has 1 amide bonds. The fraction of sp³-hybridized carbons (Fsp3) is 0.208. The maximum atomic E-state index is 12.9. The number of carboxylic acid groups (broad SMARTS) is 1. The first-order chi connectivity index (χ1) is 16.2. The van der Waals surface area contributed by atoms with E-state index >= 15 is 0 Å². The van der Waals surface area contributed by atoms with Crippen molar-refractivity contribution in [3.05, 3.63) is 83.8 Å². The molecule has 0 saturated carbocycles. The zero-order chi connectivity index (χ0) is 24.3. The number of hydrogen-bond donors (Lipinski definition) is 2. The molecule has 1 atom stereocenters. The van der Waals surface area contributed by atoms with Gasteiger partial charge in [-0.2, -0.15) is 5.10 Å². The third-order valence-electron chi connectivity index (χ3n) is 5.34. The van der Waals surface area contributed by atoms with Gasteiger partial charge in [-0.15, -0.1) is 0 Å². The lowest BCUT2D eigenvalue weighted by Gasteiger charge is -2.19. The molecule has 2 N–H and O–H groups in total. The van der Waals surface area contributed by atoms with Gasteiger partial charge >= 0.3 is 5.97 Å². The Bertz CT molecular complexity index is 1350. The molecule has 1 aromatic heterocycles. The Kier molecular flexibility index (Phi) is 6.51. The predicted octanol–water partition coefficient (Wildman–Crippen LogP) is 3.93. The molecule has 0 saturated heterocycles. The molecule has 10 heteroatoms. The molecule has 0 unspecified atom stereocenters. The number of carboxylic acids is 1. The summed E-state index contributed by atoms with van der Waals surface area (Å²) in [6.07, 6.45) is -0.266. The van der Waals surface area contributed by atoms with E-state index in [4.69, 9.17) is 9.52 Å². The first kappa shape index (κ1) is 23.2. The Morgan fingerprint density at radius 2 is 1.76 bits per heavy atom. The monoisotopic (exact) mass is 481 g/mol. The molecule has 0 radical (unpaired) electrons. The standard InChI is InChI=1S/C24H23N3O6S/c1-16-11-12-22(33-16)21-15-20(25-27(21)23(28)13-14-24(29)30)18-9-5-6-10-19(18)26-34(31,32)17-7-3-2-4-8-17/h2-12,21,26H,13-15H2,1H3,(H,29,30)/t21-/m0/s1. The van der Waals surface area contributed by atoms with Crippen molar-refractivity contribution in [2.24, 2.45) is 5.10 Å². The van der Waals surface area contributed by atoms with Crippen LogP contribution in [0.15, 0.2) is 81.1 Å². The van der Waals surface area contributed by atoms with Crippen LogP contribution in [0.1, 0.15) is 42.4 Å². The SMILES string of the molecule is Cc1ccc([C@@H]2CC(c3ccccc3NS(=O)(=O)c3ccccc3)=NN2C(=O)CCC(=O)O)o1. The van der Waals surface area contributed by atoms with Crippen molar-refractivity contribution in [3.8, 4) is 0 Å². The van der Waals surface area contributed by atoms with Crippen LogP contribution in [-0.2, 0) is 19.6 Å². The number of aryl methyl sites for hydroxylation is 1. The lowest BCUT2D eigenvalue weighted by atomic mass is 10.0. The highest BCUT2D eigenvalue weighted by molar-refractivity contribution is 7.92. The van der Waals surface area contributed by atoms with Crippen molar-refractivity contribution in [1.82, 2.24) is 5.01 Å². The van der Waals surface area contributed by atoms with Crippen LogP contribution in [-0.4, -0.2) is 36.1 Å². The molecule has 0 fully saturated rings. The van der Waals surface area contributed by atoms with Gasteiger partial charge in [-0.05, 0) is 37.3 Å². The smallest absolute Gasteiger partial charge is 0.303 e. The number of anilines is 1. The highest BCUT2D eigenvalue weighted by Crippen LogP contribution is 2.36. The van der Waals surface area contributed by atoms with Crippen LogP contribution in [0.25, 0.3) is 0 Å². The summed E-state index contributed by atoms with van der Waals surface area (Å²) in [5.41, 5.74) is 1.32. The van der Waals surface area contributed by atoms with Gasteiger partial charge in [0, 0.05) is 18.4 Å². The van der Waals surface area contributed by atoms with Crippen LogP contribution in [0.3, 0.4) is 0 Å². The normalized spacial score (nSPS) is 15.7. The van der Waals surface area contributed by atoms with Crippen LogP contribution in [0, 0.1) is 6.92 Å². The van der Waals surface area contributed by atoms with Crippen LogP contribution >= 0.6 is 0 Å². The van der Waals surface area contributed by atoms with Gasteiger partial charge in [0.15, 0.2) is 0 Å². The average molecular weight is 482 g/mol. The third-order valence-corrected chi connectivity index (χ3v) is 6.73. The van der Waals surface area contributed by atoms with Crippen molar-refractivity contribution in [1.29, 1.82) is 0 Å². The lowest BCUT2D eigenvalue weighted by molar-refractivity contribution is -0.141. The van der Waals surface area contributed by atoms with E-state index in [1.54, 1.807) is 61.5 Å². The Balaban J connectivity index is 1.67. The van der Waals surface area contributed by atoms with E-state index in [2.05, 4.69) is 9.82 Å². The number of sulfonamides is 1.